The van der Waals surface area contributed by atoms with E-state index in [9.17, 15) is 9.18 Å². The van der Waals surface area contributed by atoms with Gasteiger partial charge in [-0.1, -0.05) is 29.8 Å². The van der Waals surface area contributed by atoms with Crippen molar-refractivity contribution in [3.05, 3.63) is 58.9 Å². The fraction of sp³-hybridized carbons (Fsp3) is 0.133. The van der Waals surface area contributed by atoms with Gasteiger partial charge in [0.1, 0.15) is 24.5 Å². The van der Waals surface area contributed by atoms with Crippen LogP contribution in [0.4, 0.5) is 4.39 Å². The summed E-state index contributed by atoms with van der Waals surface area (Å²) in [7, 11) is 0. The van der Waals surface area contributed by atoms with Crippen LogP contribution in [0.3, 0.4) is 0 Å². The molecule has 4 nitrogen and oxygen atoms in total. The van der Waals surface area contributed by atoms with E-state index in [4.69, 9.17) is 26.2 Å². The standard InChI is InChI=1S/C15H12ClFO4/c16-11-5-3-6-12(17)14(11)21-9-8-20-13-7-2-1-4-10(13)15(18)19/h1-7H,8-9H2,(H,18,19). The molecule has 0 aliphatic rings. The number of carboxylic acid groups (broad SMARTS) is 1. The molecule has 0 aliphatic carbocycles. The first-order valence-electron chi connectivity index (χ1n) is 6.11. The van der Waals surface area contributed by atoms with Crippen LogP contribution in [-0.4, -0.2) is 24.3 Å². The van der Waals surface area contributed by atoms with E-state index in [1.165, 1.54) is 24.3 Å². The van der Waals surface area contributed by atoms with Gasteiger partial charge >= 0.3 is 5.97 Å². The molecule has 0 aliphatic heterocycles. The van der Waals surface area contributed by atoms with Crippen molar-refractivity contribution in [2.24, 2.45) is 0 Å². The van der Waals surface area contributed by atoms with E-state index >= 15 is 0 Å². The molecule has 110 valence electrons. The minimum atomic E-state index is -1.08. The Balaban J connectivity index is 1.92. The zero-order valence-electron chi connectivity index (χ0n) is 10.9. The average Bonchev–Trinajstić information content (AvgIpc) is 2.46. The van der Waals surface area contributed by atoms with Crippen molar-refractivity contribution in [3.8, 4) is 11.5 Å². The second-order valence-electron chi connectivity index (χ2n) is 4.05. The normalized spacial score (nSPS) is 10.2. The molecule has 2 rings (SSSR count). The van der Waals surface area contributed by atoms with Crippen molar-refractivity contribution in [1.29, 1.82) is 0 Å². The van der Waals surface area contributed by atoms with Crippen LogP contribution in [-0.2, 0) is 0 Å². The van der Waals surface area contributed by atoms with Crippen molar-refractivity contribution in [2.45, 2.75) is 0 Å². The molecule has 0 amide bonds. The molecule has 0 unspecified atom stereocenters. The Labute approximate surface area is 125 Å². The SMILES string of the molecule is O=C(O)c1ccccc1OCCOc1c(F)cccc1Cl. The number of para-hydroxylation sites is 2. The van der Waals surface area contributed by atoms with Crippen LogP contribution in [0.1, 0.15) is 10.4 Å². The fourth-order valence-corrected chi connectivity index (χ4v) is 1.90. The van der Waals surface area contributed by atoms with Crippen molar-refractivity contribution >= 4 is 17.6 Å². The predicted molar refractivity (Wildman–Crippen MR) is 75.8 cm³/mol. The number of carboxylic acids is 1. The van der Waals surface area contributed by atoms with Gasteiger partial charge in [-0.25, -0.2) is 9.18 Å². The van der Waals surface area contributed by atoms with Gasteiger partial charge in [0.05, 0.1) is 5.02 Å². The Morgan fingerprint density at radius 2 is 1.81 bits per heavy atom. The molecule has 0 fully saturated rings. The van der Waals surface area contributed by atoms with Gasteiger partial charge in [-0.3, -0.25) is 0 Å². The Bertz CT molecular complexity index is 625. The Morgan fingerprint density at radius 3 is 2.52 bits per heavy atom. The summed E-state index contributed by atoms with van der Waals surface area (Å²) in [6, 6.07) is 10.5. The monoisotopic (exact) mass is 310 g/mol. The third-order valence-electron chi connectivity index (χ3n) is 2.62. The van der Waals surface area contributed by atoms with E-state index in [1.807, 2.05) is 0 Å². The minimum absolute atomic E-state index is 0.0363. The van der Waals surface area contributed by atoms with E-state index in [0.717, 1.165) is 0 Å². The van der Waals surface area contributed by atoms with Gasteiger partial charge in [0.2, 0.25) is 0 Å². The van der Waals surface area contributed by atoms with Crippen LogP contribution < -0.4 is 9.47 Å². The largest absolute Gasteiger partial charge is 0.489 e. The van der Waals surface area contributed by atoms with E-state index in [2.05, 4.69) is 0 Å². The maximum Gasteiger partial charge on any atom is 0.339 e. The summed E-state index contributed by atoms with van der Waals surface area (Å²) in [6.07, 6.45) is 0. The lowest BCUT2D eigenvalue weighted by atomic mass is 10.2. The summed E-state index contributed by atoms with van der Waals surface area (Å²) < 4.78 is 24.0. The number of benzene rings is 2. The number of rotatable bonds is 6. The smallest absolute Gasteiger partial charge is 0.339 e. The fourth-order valence-electron chi connectivity index (χ4n) is 1.68. The Hall–Kier alpha value is -2.27. The molecule has 0 bridgehead atoms. The summed E-state index contributed by atoms with van der Waals surface area (Å²) in [6.45, 7) is 0.101. The lowest BCUT2D eigenvalue weighted by Crippen LogP contribution is -2.12. The maximum absolute atomic E-state index is 13.4. The second-order valence-corrected chi connectivity index (χ2v) is 4.46. The highest BCUT2D eigenvalue weighted by Crippen LogP contribution is 2.27. The first-order valence-corrected chi connectivity index (χ1v) is 6.49. The molecule has 0 saturated carbocycles. The second kappa shape index (κ2) is 6.95. The average molecular weight is 311 g/mol. The number of hydrogen-bond donors (Lipinski definition) is 1. The summed E-state index contributed by atoms with van der Waals surface area (Å²) in [5.41, 5.74) is 0.0569. The van der Waals surface area contributed by atoms with Crippen LogP contribution in [0.5, 0.6) is 11.5 Å². The van der Waals surface area contributed by atoms with Gasteiger partial charge in [-0.2, -0.15) is 0 Å². The summed E-state index contributed by atoms with van der Waals surface area (Å²) in [4.78, 5) is 11.0. The quantitative estimate of drug-likeness (QED) is 0.828. The Kier molecular flexibility index (Phi) is 5.00. The van der Waals surface area contributed by atoms with Gasteiger partial charge in [-0.05, 0) is 24.3 Å². The molecule has 0 spiro atoms. The zero-order valence-corrected chi connectivity index (χ0v) is 11.6. The summed E-state index contributed by atoms with van der Waals surface area (Å²) in [5.74, 6) is -1.46. The molecule has 0 saturated heterocycles. The van der Waals surface area contributed by atoms with Crippen molar-refractivity contribution in [3.63, 3.8) is 0 Å². The van der Waals surface area contributed by atoms with Gasteiger partial charge in [0.15, 0.2) is 11.6 Å². The number of ether oxygens (including phenoxy) is 2. The van der Waals surface area contributed by atoms with Crippen molar-refractivity contribution in [2.75, 3.05) is 13.2 Å². The summed E-state index contributed by atoms with van der Waals surface area (Å²) >= 11 is 5.81. The molecule has 0 heterocycles. The topological polar surface area (TPSA) is 55.8 Å². The lowest BCUT2D eigenvalue weighted by molar-refractivity contribution is 0.0691. The van der Waals surface area contributed by atoms with Crippen molar-refractivity contribution < 1.29 is 23.8 Å². The summed E-state index contributed by atoms with van der Waals surface area (Å²) in [5, 5.41) is 9.16. The van der Waals surface area contributed by atoms with Crippen LogP contribution in [0.2, 0.25) is 5.02 Å². The van der Waals surface area contributed by atoms with Crippen LogP contribution in [0, 0.1) is 5.82 Å². The molecular weight excluding hydrogens is 299 g/mol. The number of hydrogen-bond acceptors (Lipinski definition) is 3. The molecule has 0 aromatic heterocycles. The predicted octanol–water partition coefficient (Wildman–Crippen LogP) is 3.64. The molecular formula is C15H12ClFO4. The molecule has 21 heavy (non-hydrogen) atoms. The van der Waals surface area contributed by atoms with Crippen LogP contribution in [0.15, 0.2) is 42.5 Å². The zero-order chi connectivity index (χ0) is 15.2. The third kappa shape index (κ3) is 3.86. The van der Waals surface area contributed by atoms with Crippen LogP contribution in [0.25, 0.3) is 0 Å². The third-order valence-corrected chi connectivity index (χ3v) is 2.92. The first-order chi connectivity index (χ1) is 10.1. The van der Waals surface area contributed by atoms with E-state index in [-0.39, 0.29) is 35.3 Å². The van der Waals surface area contributed by atoms with E-state index < -0.39 is 11.8 Å². The molecule has 1 N–H and O–H groups in total. The molecule has 6 heteroatoms. The molecule has 2 aromatic rings. The highest BCUT2D eigenvalue weighted by atomic mass is 35.5. The molecule has 0 radical (unpaired) electrons. The maximum atomic E-state index is 13.4. The number of carbonyl (C=O) groups is 1. The first kappa shape index (κ1) is 15.1. The van der Waals surface area contributed by atoms with Gasteiger partial charge < -0.3 is 14.6 Å². The number of aromatic carboxylic acids is 1. The highest BCUT2D eigenvalue weighted by Gasteiger charge is 2.11. The van der Waals surface area contributed by atoms with E-state index in [0.29, 0.717) is 0 Å². The number of halogens is 2. The Morgan fingerprint density at radius 1 is 1.10 bits per heavy atom. The molecule has 0 atom stereocenters. The van der Waals surface area contributed by atoms with Gasteiger partial charge in [-0.15, -0.1) is 0 Å². The van der Waals surface area contributed by atoms with Gasteiger partial charge in [0, 0.05) is 0 Å². The molecule has 2 aromatic carbocycles. The van der Waals surface area contributed by atoms with Crippen molar-refractivity contribution in [1.82, 2.24) is 0 Å². The minimum Gasteiger partial charge on any atom is -0.489 e. The van der Waals surface area contributed by atoms with Gasteiger partial charge in [0.25, 0.3) is 0 Å². The van der Waals surface area contributed by atoms with E-state index in [1.54, 1.807) is 18.2 Å². The van der Waals surface area contributed by atoms with Crippen LogP contribution >= 0.6 is 11.6 Å². The highest BCUT2D eigenvalue weighted by molar-refractivity contribution is 6.32. The lowest BCUT2D eigenvalue weighted by Gasteiger charge is -2.11.